The van der Waals surface area contributed by atoms with Gasteiger partial charge in [-0.25, -0.2) is 0 Å². The van der Waals surface area contributed by atoms with Crippen molar-refractivity contribution >= 4 is 5.91 Å². The molecule has 1 unspecified atom stereocenters. The van der Waals surface area contributed by atoms with Crippen LogP contribution in [0.15, 0.2) is 0 Å². The minimum absolute atomic E-state index is 0.321. The van der Waals surface area contributed by atoms with Gasteiger partial charge in [0.2, 0.25) is 5.91 Å². The van der Waals surface area contributed by atoms with Gasteiger partial charge in [-0.2, -0.15) is 0 Å². The second-order valence-electron chi connectivity index (χ2n) is 5.44. The van der Waals surface area contributed by atoms with Crippen LogP contribution >= 0.6 is 0 Å². The highest BCUT2D eigenvalue weighted by Crippen LogP contribution is 2.19. The molecular weight excluding hydrogens is 228 g/mol. The molecule has 0 N–H and O–H groups in total. The van der Waals surface area contributed by atoms with E-state index in [1.807, 2.05) is 6.92 Å². The molecule has 2 aliphatic rings. The van der Waals surface area contributed by atoms with Gasteiger partial charge in [-0.05, 0) is 25.2 Å². The van der Waals surface area contributed by atoms with Crippen LogP contribution in [-0.4, -0.2) is 61.6 Å². The lowest BCUT2D eigenvalue weighted by atomic mass is 10.00. The summed E-state index contributed by atoms with van der Waals surface area (Å²) >= 11 is 0. The largest absolute Gasteiger partial charge is 0.379 e. The SMILES string of the molecule is CCC(=O)N1CCCC(CN2CCOCC2)CC1. The first kappa shape index (κ1) is 13.8. The predicted molar refractivity (Wildman–Crippen MR) is 71.5 cm³/mol. The molecule has 4 nitrogen and oxygen atoms in total. The van der Waals surface area contributed by atoms with Crippen molar-refractivity contribution in [1.29, 1.82) is 0 Å². The van der Waals surface area contributed by atoms with E-state index in [2.05, 4.69) is 9.80 Å². The minimum Gasteiger partial charge on any atom is -0.379 e. The smallest absolute Gasteiger partial charge is 0.222 e. The topological polar surface area (TPSA) is 32.8 Å². The Morgan fingerprint density at radius 1 is 1.17 bits per heavy atom. The number of carbonyl (C=O) groups is 1. The Hall–Kier alpha value is -0.610. The molecule has 0 radical (unpaired) electrons. The molecule has 0 aliphatic carbocycles. The standard InChI is InChI=1S/C14H26N2O2/c1-2-14(17)16-6-3-4-13(5-7-16)12-15-8-10-18-11-9-15/h13H,2-12H2,1H3. The van der Waals surface area contributed by atoms with Gasteiger partial charge in [0.1, 0.15) is 0 Å². The van der Waals surface area contributed by atoms with Crippen LogP contribution in [0, 0.1) is 5.92 Å². The second-order valence-corrected chi connectivity index (χ2v) is 5.44. The van der Waals surface area contributed by atoms with Crippen molar-refractivity contribution in [3.63, 3.8) is 0 Å². The van der Waals surface area contributed by atoms with Crippen LogP contribution in [-0.2, 0) is 9.53 Å². The molecular formula is C14H26N2O2. The van der Waals surface area contributed by atoms with E-state index in [-0.39, 0.29) is 0 Å². The lowest BCUT2D eigenvalue weighted by Crippen LogP contribution is -2.39. The number of morpholine rings is 1. The molecule has 1 atom stereocenters. The summed E-state index contributed by atoms with van der Waals surface area (Å²) in [5, 5.41) is 0. The molecule has 0 aromatic rings. The van der Waals surface area contributed by atoms with Crippen molar-refractivity contribution in [3.8, 4) is 0 Å². The molecule has 0 saturated carbocycles. The van der Waals surface area contributed by atoms with Crippen molar-refractivity contribution in [2.24, 2.45) is 5.92 Å². The molecule has 4 heteroatoms. The Kier molecular flexibility index (Phi) is 5.45. The third-order valence-electron chi connectivity index (χ3n) is 4.12. The number of hydrogen-bond donors (Lipinski definition) is 0. The van der Waals surface area contributed by atoms with E-state index in [0.29, 0.717) is 12.3 Å². The average molecular weight is 254 g/mol. The Morgan fingerprint density at radius 2 is 1.94 bits per heavy atom. The summed E-state index contributed by atoms with van der Waals surface area (Å²) in [6, 6.07) is 0. The number of likely N-dealkylation sites (tertiary alicyclic amines) is 1. The molecule has 2 saturated heterocycles. The molecule has 0 bridgehead atoms. The third-order valence-corrected chi connectivity index (χ3v) is 4.12. The molecule has 2 fully saturated rings. The fourth-order valence-corrected chi connectivity index (χ4v) is 2.97. The number of amides is 1. The van der Waals surface area contributed by atoms with Gasteiger partial charge in [-0.3, -0.25) is 9.69 Å². The van der Waals surface area contributed by atoms with E-state index in [1.54, 1.807) is 0 Å². The van der Waals surface area contributed by atoms with Crippen molar-refractivity contribution < 1.29 is 9.53 Å². The van der Waals surface area contributed by atoms with Crippen molar-refractivity contribution in [2.45, 2.75) is 32.6 Å². The van der Waals surface area contributed by atoms with E-state index in [1.165, 1.54) is 25.8 Å². The highest BCUT2D eigenvalue weighted by Gasteiger charge is 2.22. The zero-order chi connectivity index (χ0) is 12.8. The average Bonchev–Trinajstić information content (AvgIpc) is 2.65. The lowest BCUT2D eigenvalue weighted by Gasteiger charge is -2.30. The Bertz CT molecular complexity index is 265. The van der Waals surface area contributed by atoms with Gasteiger partial charge in [0.05, 0.1) is 13.2 Å². The second kappa shape index (κ2) is 7.10. The molecule has 2 heterocycles. The van der Waals surface area contributed by atoms with Gasteiger partial charge in [0.15, 0.2) is 0 Å². The van der Waals surface area contributed by atoms with Crippen LogP contribution in [0.1, 0.15) is 32.6 Å². The van der Waals surface area contributed by atoms with Crippen molar-refractivity contribution in [1.82, 2.24) is 9.80 Å². The maximum atomic E-state index is 11.7. The maximum absolute atomic E-state index is 11.7. The van der Waals surface area contributed by atoms with Crippen LogP contribution in [0.2, 0.25) is 0 Å². The molecule has 1 amide bonds. The summed E-state index contributed by atoms with van der Waals surface area (Å²) in [5.41, 5.74) is 0. The first-order valence-electron chi connectivity index (χ1n) is 7.37. The van der Waals surface area contributed by atoms with E-state index in [0.717, 1.165) is 45.3 Å². The predicted octanol–water partition coefficient (Wildman–Crippen LogP) is 1.36. The van der Waals surface area contributed by atoms with E-state index >= 15 is 0 Å². The van der Waals surface area contributed by atoms with Crippen molar-refractivity contribution in [3.05, 3.63) is 0 Å². The maximum Gasteiger partial charge on any atom is 0.222 e. The normalized spacial score (nSPS) is 26.9. The van der Waals surface area contributed by atoms with Crippen LogP contribution in [0.5, 0.6) is 0 Å². The molecule has 2 rings (SSSR count). The summed E-state index contributed by atoms with van der Waals surface area (Å²) in [4.78, 5) is 16.3. The number of hydrogen-bond acceptors (Lipinski definition) is 3. The summed E-state index contributed by atoms with van der Waals surface area (Å²) in [6.07, 6.45) is 4.25. The van der Waals surface area contributed by atoms with Crippen molar-refractivity contribution in [2.75, 3.05) is 45.9 Å². The number of nitrogens with zero attached hydrogens (tertiary/aromatic N) is 2. The van der Waals surface area contributed by atoms with Crippen LogP contribution in [0.3, 0.4) is 0 Å². The first-order chi connectivity index (χ1) is 8.79. The monoisotopic (exact) mass is 254 g/mol. The fraction of sp³-hybridized carbons (Fsp3) is 0.929. The van der Waals surface area contributed by atoms with Crippen LogP contribution < -0.4 is 0 Å². The van der Waals surface area contributed by atoms with E-state index in [9.17, 15) is 4.79 Å². The molecule has 104 valence electrons. The van der Waals surface area contributed by atoms with Crippen LogP contribution in [0.4, 0.5) is 0 Å². The van der Waals surface area contributed by atoms with E-state index < -0.39 is 0 Å². The van der Waals surface area contributed by atoms with Gasteiger partial charge in [-0.1, -0.05) is 6.92 Å². The zero-order valence-corrected chi connectivity index (χ0v) is 11.6. The van der Waals surface area contributed by atoms with Gasteiger partial charge in [-0.15, -0.1) is 0 Å². The number of carbonyl (C=O) groups excluding carboxylic acids is 1. The Morgan fingerprint density at radius 3 is 2.67 bits per heavy atom. The molecule has 0 aromatic heterocycles. The molecule has 0 spiro atoms. The van der Waals surface area contributed by atoms with E-state index in [4.69, 9.17) is 4.74 Å². The minimum atomic E-state index is 0.321. The summed E-state index contributed by atoms with van der Waals surface area (Å²) < 4.78 is 5.38. The summed E-state index contributed by atoms with van der Waals surface area (Å²) in [7, 11) is 0. The number of ether oxygens (including phenoxy) is 1. The van der Waals surface area contributed by atoms with Crippen LogP contribution in [0.25, 0.3) is 0 Å². The first-order valence-corrected chi connectivity index (χ1v) is 7.37. The zero-order valence-electron chi connectivity index (χ0n) is 11.6. The molecule has 2 aliphatic heterocycles. The quantitative estimate of drug-likeness (QED) is 0.762. The third kappa shape index (κ3) is 3.95. The number of rotatable bonds is 3. The highest BCUT2D eigenvalue weighted by molar-refractivity contribution is 5.75. The fourth-order valence-electron chi connectivity index (χ4n) is 2.97. The van der Waals surface area contributed by atoms with Gasteiger partial charge in [0.25, 0.3) is 0 Å². The van der Waals surface area contributed by atoms with Gasteiger partial charge in [0, 0.05) is 39.1 Å². The summed E-state index contributed by atoms with van der Waals surface area (Å²) in [6.45, 7) is 8.99. The Labute approximate surface area is 110 Å². The summed E-state index contributed by atoms with van der Waals surface area (Å²) in [5.74, 6) is 1.08. The molecule has 0 aromatic carbocycles. The Balaban J connectivity index is 1.76. The van der Waals surface area contributed by atoms with Gasteiger partial charge >= 0.3 is 0 Å². The van der Waals surface area contributed by atoms with Gasteiger partial charge < -0.3 is 9.64 Å². The lowest BCUT2D eigenvalue weighted by molar-refractivity contribution is -0.130. The highest BCUT2D eigenvalue weighted by atomic mass is 16.5. The molecule has 18 heavy (non-hydrogen) atoms.